The van der Waals surface area contributed by atoms with E-state index < -0.39 is 17.7 Å². The van der Waals surface area contributed by atoms with E-state index in [2.05, 4.69) is 15.3 Å². The molecular formula is C21H17F2N5O2. The Hall–Kier alpha value is -3.75. The Morgan fingerprint density at radius 3 is 2.90 bits per heavy atom. The van der Waals surface area contributed by atoms with Crippen molar-refractivity contribution in [3.63, 3.8) is 0 Å². The molecule has 3 aromatic heterocycles. The largest absolute Gasteiger partial charge is 0.461 e. The maximum Gasteiger partial charge on any atom is 0.321 e. The number of carbonyl (C=O) groups is 1. The summed E-state index contributed by atoms with van der Waals surface area (Å²) >= 11 is 0. The minimum atomic E-state index is -0.816. The summed E-state index contributed by atoms with van der Waals surface area (Å²) in [4.78, 5) is 23.4. The fraction of sp³-hybridized carbons (Fsp3) is 0.190. The number of furan rings is 1. The summed E-state index contributed by atoms with van der Waals surface area (Å²) in [6.45, 7) is 0.869. The fourth-order valence-corrected chi connectivity index (χ4v) is 3.78. The number of pyridine rings is 1. The van der Waals surface area contributed by atoms with Gasteiger partial charge in [0.25, 0.3) is 0 Å². The smallest absolute Gasteiger partial charge is 0.321 e. The van der Waals surface area contributed by atoms with Crippen molar-refractivity contribution < 1.29 is 18.0 Å². The van der Waals surface area contributed by atoms with Crippen molar-refractivity contribution in [1.29, 1.82) is 0 Å². The van der Waals surface area contributed by atoms with E-state index in [1.807, 2.05) is 22.8 Å². The van der Waals surface area contributed by atoms with Gasteiger partial charge >= 0.3 is 6.03 Å². The fourth-order valence-electron chi connectivity index (χ4n) is 3.78. The molecule has 9 heteroatoms. The molecule has 5 rings (SSSR count). The van der Waals surface area contributed by atoms with Gasteiger partial charge in [0.15, 0.2) is 17.2 Å². The zero-order valence-electron chi connectivity index (χ0n) is 15.8. The highest BCUT2D eigenvalue weighted by Crippen LogP contribution is 2.32. The van der Waals surface area contributed by atoms with Crippen molar-refractivity contribution >= 4 is 22.9 Å². The van der Waals surface area contributed by atoms with E-state index in [0.29, 0.717) is 36.7 Å². The number of hydrogen-bond acceptors (Lipinski definition) is 4. The van der Waals surface area contributed by atoms with Crippen molar-refractivity contribution in [1.82, 2.24) is 19.4 Å². The van der Waals surface area contributed by atoms with E-state index in [1.165, 1.54) is 6.07 Å². The molecule has 2 amide bonds. The first-order valence-electron chi connectivity index (χ1n) is 9.48. The second kappa shape index (κ2) is 7.25. The van der Waals surface area contributed by atoms with Crippen LogP contribution in [0.1, 0.15) is 12.5 Å². The second-order valence-electron chi connectivity index (χ2n) is 7.07. The number of anilines is 1. The molecule has 1 aromatic carbocycles. The molecule has 1 fully saturated rings. The molecule has 0 spiro atoms. The van der Waals surface area contributed by atoms with Crippen LogP contribution in [0.25, 0.3) is 22.7 Å². The molecule has 0 radical (unpaired) electrons. The van der Waals surface area contributed by atoms with E-state index in [0.717, 1.165) is 17.6 Å². The number of hydrogen-bond donors (Lipinski definition) is 1. The summed E-state index contributed by atoms with van der Waals surface area (Å²) in [6.07, 6.45) is 3.95. The van der Waals surface area contributed by atoms with Gasteiger partial charge in [-0.15, -0.1) is 0 Å². The number of amides is 2. The van der Waals surface area contributed by atoms with E-state index in [1.54, 1.807) is 23.4 Å². The lowest BCUT2D eigenvalue weighted by Gasteiger charge is -2.19. The molecule has 0 saturated carbocycles. The lowest BCUT2D eigenvalue weighted by atomic mass is 10.2. The van der Waals surface area contributed by atoms with Gasteiger partial charge in [0.1, 0.15) is 17.2 Å². The van der Waals surface area contributed by atoms with Crippen LogP contribution in [0.3, 0.4) is 0 Å². The lowest BCUT2D eigenvalue weighted by molar-refractivity contribution is 0.221. The molecule has 7 nitrogen and oxygen atoms in total. The number of urea groups is 1. The van der Waals surface area contributed by atoms with Crippen molar-refractivity contribution in [2.24, 2.45) is 0 Å². The molecule has 0 unspecified atom stereocenters. The van der Waals surface area contributed by atoms with Gasteiger partial charge in [-0.3, -0.25) is 0 Å². The lowest BCUT2D eigenvalue weighted by Crippen LogP contribution is -2.33. The molecular weight excluding hydrogens is 392 g/mol. The molecule has 1 N–H and O–H groups in total. The standard InChI is InChI=1S/C21H17F2N5O2/c22-13-5-6-16(15(23)11-13)26-21(29)27-9-7-14(12-27)28-19-17(3-1-8-24-19)25-20(28)18-4-2-10-30-18/h1-6,8,10-11,14H,7,9,12H2,(H,26,29)/t14-/m1/s1. The number of rotatable bonds is 3. The van der Waals surface area contributed by atoms with Gasteiger partial charge in [-0.2, -0.15) is 0 Å². The van der Waals surface area contributed by atoms with E-state index in [-0.39, 0.29) is 11.7 Å². The van der Waals surface area contributed by atoms with E-state index >= 15 is 0 Å². The molecule has 0 aliphatic carbocycles. The minimum Gasteiger partial charge on any atom is -0.461 e. The predicted molar refractivity (Wildman–Crippen MR) is 106 cm³/mol. The van der Waals surface area contributed by atoms with Crippen LogP contribution in [-0.2, 0) is 0 Å². The number of benzene rings is 1. The normalized spacial score (nSPS) is 16.3. The molecule has 4 heterocycles. The number of fused-ring (bicyclic) bond motifs is 1. The summed E-state index contributed by atoms with van der Waals surface area (Å²) in [7, 11) is 0. The highest BCUT2D eigenvalue weighted by molar-refractivity contribution is 5.89. The molecule has 0 bridgehead atoms. The van der Waals surface area contributed by atoms with Gasteiger partial charge in [0, 0.05) is 25.4 Å². The number of imidazole rings is 1. The first-order valence-corrected chi connectivity index (χ1v) is 9.48. The van der Waals surface area contributed by atoms with Gasteiger partial charge in [-0.05, 0) is 42.8 Å². The monoisotopic (exact) mass is 409 g/mol. The number of nitrogens with zero attached hydrogens (tertiary/aromatic N) is 4. The van der Waals surface area contributed by atoms with Gasteiger partial charge in [-0.1, -0.05) is 0 Å². The average Bonchev–Trinajstić information content (AvgIpc) is 3.48. The van der Waals surface area contributed by atoms with Crippen LogP contribution < -0.4 is 5.32 Å². The first-order chi connectivity index (χ1) is 14.6. The van der Waals surface area contributed by atoms with E-state index in [4.69, 9.17) is 4.42 Å². The third-order valence-corrected chi connectivity index (χ3v) is 5.18. The minimum absolute atomic E-state index is 0.0594. The summed E-state index contributed by atoms with van der Waals surface area (Å²) in [5.41, 5.74) is 1.39. The zero-order valence-corrected chi connectivity index (χ0v) is 15.8. The highest BCUT2D eigenvalue weighted by Gasteiger charge is 2.31. The Morgan fingerprint density at radius 1 is 1.20 bits per heavy atom. The molecule has 30 heavy (non-hydrogen) atoms. The maximum absolute atomic E-state index is 13.9. The predicted octanol–water partition coefficient (Wildman–Crippen LogP) is 4.45. The van der Waals surface area contributed by atoms with Gasteiger partial charge in [0.05, 0.1) is 18.0 Å². The zero-order chi connectivity index (χ0) is 20.7. The summed E-state index contributed by atoms with van der Waals surface area (Å²) in [5.74, 6) is -0.254. The van der Waals surface area contributed by atoms with Crippen LogP contribution in [0.4, 0.5) is 19.3 Å². The van der Waals surface area contributed by atoms with Crippen molar-refractivity contribution in [2.75, 3.05) is 18.4 Å². The van der Waals surface area contributed by atoms with E-state index in [9.17, 15) is 13.6 Å². The van der Waals surface area contributed by atoms with Gasteiger partial charge < -0.3 is 19.2 Å². The van der Waals surface area contributed by atoms with Crippen LogP contribution in [0.15, 0.2) is 59.3 Å². The third kappa shape index (κ3) is 3.18. The van der Waals surface area contributed by atoms with Crippen LogP contribution >= 0.6 is 0 Å². The maximum atomic E-state index is 13.9. The first kappa shape index (κ1) is 18.3. The Bertz CT molecular complexity index is 1220. The van der Waals surface area contributed by atoms with Gasteiger partial charge in [0.2, 0.25) is 0 Å². The average molecular weight is 409 g/mol. The molecule has 1 saturated heterocycles. The SMILES string of the molecule is O=C(Nc1ccc(F)cc1F)N1CC[C@@H](n2c(-c3ccco3)nc3cccnc32)C1. The Labute approximate surface area is 170 Å². The number of nitrogens with one attached hydrogen (secondary N) is 1. The van der Waals surface area contributed by atoms with Crippen molar-refractivity contribution in [3.05, 3.63) is 66.6 Å². The quantitative estimate of drug-likeness (QED) is 0.543. The topological polar surface area (TPSA) is 76.2 Å². The number of halogens is 2. The van der Waals surface area contributed by atoms with Crippen LogP contribution in [0.2, 0.25) is 0 Å². The van der Waals surface area contributed by atoms with Crippen LogP contribution in [0.5, 0.6) is 0 Å². The molecule has 4 aromatic rings. The van der Waals surface area contributed by atoms with Crippen molar-refractivity contribution in [3.8, 4) is 11.6 Å². The summed E-state index contributed by atoms with van der Waals surface area (Å²) in [6, 6.07) is 9.84. The molecule has 1 aliphatic heterocycles. The Balaban J connectivity index is 1.41. The summed E-state index contributed by atoms with van der Waals surface area (Å²) in [5, 5.41) is 2.51. The third-order valence-electron chi connectivity index (χ3n) is 5.18. The van der Waals surface area contributed by atoms with Gasteiger partial charge in [-0.25, -0.2) is 23.5 Å². The Kier molecular flexibility index (Phi) is 4.42. The summed E-state index contributed by atoms with van der Waals surface area (Å²) < 4.78 is 34.5. The van der Waals surface area contributed by atoms with Crippen LogP contribution in [-0.4, -0.2) is 38.6 Å². The Morgan fingerprint density at radius 2 is 2.10 bits per heavy atom. The number of carbonyl (C=O) groups excluding carboxylic acids is 1. The second-order valence-corrected chi connectivity index (χ2v) is 7.07. The number of likely N-dealkylation sites (tertiary alicyclic amines) is 1. The molecule has 1 atom stereocenters. The molecule has 152 valence electrons. The van der Waals surface area contributed by atoms with Crippen molar-refractivity contribution in [2.45, 2.75) is 12.5 Å². The molecule has 1 aliphatic rings. The van der Waals surface area contributed by atoms with Crippen LogP contribution in [0, 0.1) is 11.6 Å². The highest BCUT2D eigenvalue weighted by atomic mass is 19.1. The number of aromatic nitrogens is 3.